The Balaban J connectivity index is 1.97. The van der Waals surface area contributed by atoms with E-state index in [0.29, 0.717) is 11.9 Å². The van der Waals surface area contributed by atoms with E-state index in [1.54, 1.807) is 0 Å². The minimum Gasteiger partial charge on any atom is -0.476 e. The smallest absolute Gasteiger partial charge is 0.357 e. The van der Waals surface area contributed by atoms with E-state index in [1.807, 2.05) is 11.9 Å². The lowest BCUT2D eigenvalue weighted by Gasteiger charge is -2.29. The monoisotopic (exact) mass is 210 g/mol. The SMILES string of the molecule is CN(CC1CCC1)c1nc(C(=O)O)co1. The van der Waals surface area contributed by atoms with Gasteiger partial charge in [0, 0.05) is 13.6 Å². The highest BCUT2D eigenvalue weighted by molar-refractivity contribution is 5.85. The summed E-state index contributed by atoms with van der Waals surface area (Å²) in [6.45, 7) is 0.888. The first-order valence-corrected chi connectivity index (χ1v) is 5.07. The van der Waals surface area contributed by atoms with Gasteiger partial charge in [0.25, 0.3) is 6.01 Å². The number of rotatable bonds is 4. The van der Waals surface area contributed by atoms with Crippen LogP contribution in [0.15, 0.2) is 10.7 Å². The number of hydrogen-bond acceptors (Lipinski definition) is 4. The molecule has 1 heterocycles. The van der Waals surface area contributed by atoms with Crippen molar-refractivity contribution >= 4 is 12.0 Å². The quantitative estimate of drug-likeness (QED) is 0.817. The van der Waals surface area contributed by atoms with E-state index in [-0.39, 0.29) is 5.69 Å². The van der Waals surface area contributed by atoms with Crippen molar-refractivity contribution in [1.29, 1.82) is 0 Å². The van der Waals surface area contributed by atoms with Gasteiger partial charge in [0.1, 0.15) is 6.26 Å². The molecule has 1 aliphatic rings. The number of carbonyl (C=O) groups is 1. The number of nitrogens with zero attached hydrogens (tertiary/aromatic N) is 2. The number of aromatic nitrogens is 1. The minimum atomic E-state index is -1.05. The molecule has 0 atom stereocenters. The van der Waals surface area contributed by atoms with Crippen LogP contribution in [-0.4, -0.2) is 29.7 Å². The molecule has 1 saturated carbocycles. The molecule has 15 heavy (non-hydrogen) atoms. The molecule has 1 aliphatic carbocycles. The lowest BCUT2D eigenvalue weighted by molar-refractivity contribution is 0.0690. The Morgan fingerprint density at radius 2 is 2.47 bits per heavy atom. The van der Waals surface area contributed by atoms with E-state index in [2.05, 4.69) is 4.98 Å². The fraction of sp³-hybridized carbons (Fsp3) is 0.600. The van der Waals surface area contributed by atoms with Crippen LogP contribution < -0.4 is 4.90 Å². The van der Waals surface area contributed by atoms with Gasteiger partial charge in [0.15, 0.2) is 5.69 Å². The molecule has 2 rings (SSSR count). The van der Waals surface area contributed by atoms with Gasteiger partial charge in [-0.1, -0.05) is 6.42 Å². The summed E-state index contributed by atoms with van der Waals surface area (Å²) in [6, 6.07) is 0.388. The van der Waals surface area contributed by atoms with Crippen LogP contribution in [0.25, 0.3) is 0 Å². The van der Waals surface area contributed by atoms with Crippen molar-refractivity contribution in [1.82, 2.24) is 4.98 Å². The molecular formula is C10H14N2O3. The Bertz CT molecular complexity index is 357. The second kappa shape index (κ2) is 3.92. The Morgan fingerprint density at radius 1 is 1.73 bits per heavy atom. The minimum absolute atomic E-state index is 0.0366. The van der Waals surface area contributed by atoms with Crippen molar-refractivity contribution in [3.05, 3.63) is 12.0 Å². The van der Waals surface area contributed by atoms with Gasteiger partial charge >= 0.3 is 5.97 Å². The van der Waals surface area contributed by atoms with E-state index in [4.69, 9.17) is 9.52 Å². The Kier molecular flexibility index (Phi) is 2.62. The first kappa shape index (κ1) is 10.0. The van der Waals surface area contributed by atoms with Gasteiger partial charge in [0.05, 0.1) is 0 Å². The van der Waals surface area contributed by atoms with Gasteiger partial charge in [0.2, 0.25) is 0 Å². The van der Waals surface area contributed by atoms with E-state index in [0.717, 1.165) is 6.54 Å². The van der Waals surface area contributed by atoms with Crippen molar-refractivity contribution in [3.8, 4) is 0 Å². The zero-order valence-electron chi connectivity index (χ0n) is 8.64. The number of hydrogen-bond donors (Lipinski definition) is 1. The first-order chi connectivity index (χ1) is 7.16. The Morgan fingerprint density at radius 3 is 2.93 bits per heavy atom. The highest BCUT2D eigenvalue weighted by Crippen LogP contribution is 2.28. The normalized spacial score (nSPS) is 16.1. The summed E-state index contributed by atoms with van der Waals surface area (Å²) in [6.07, 6.45) is 4.97. The van der Waals surface area contributed by atoms with E-state index >= 15 is 0 Å². The van der Waals surface area contributed by atoms with Gasteiger partial charge in [-0.15, -0.1) is 0 Å². The van der Waals surface area contributed by atoms with Crippen LogP contribution in [0, 0.1) is 5.92 Å². The molecule has 82 valence electrons. The molecule has 1 aromatic rings. The van der Waals surface area contributed by atoms with Crippen LogP contribution >= 0.6 is 0 Å². The van der Waals surface area contributed by atoms with E-state index < -0.39 is 5.97 Å². The van der Waals surface area contributed by atoms with E-state index in [9.17, 15) is 4.79 Å². The van der Waals surface area contributed by atoms with Gasteiger partial charge < -0.3 is 14.4 Å². The van der Waals surface area contributed by atoms with Crippen LogP contribution in [0.2, 0.25) is 0 Å². The average Bonchev–Trinajstić information content (AvgIpc) is 2.59. The van der Waals surface area contributed by atoms with Crippen molar-refractivity contribution in [3.63, 3.8) is 0 Å². The fourth-order valence-corrected chi connectivity index (χ4v) is 1.68. The molecule has 0 aliphatic heterocycles. The predicted molar refractivity (Wildman–Crippen MR) is 54.1 cm³/mol. The number of aromatic carboxylic acids is 1. The number of anilines is 1. The third kappa shape index (κ3) is 2.11. The lowest BCUT2D eigenvalue weighted by atomic mass is 9.85. The summed E-state index contributed by atoms with van der Waals surface area (Å²) in [5.41, 5.74) is -0.0366. The third-order valence-electron chi connectivity index (χ3n) is 2.79. The predicted octanol–water partition coefficient (Wildman–Crippen LogP) is 1.61. The van der Waals surface area contributed by atoms with Crippen molar-refractivity contribution in [2.75, 3.05) is 18.5 Å². The van der Waals surface area contributed by atoms with E-state index in [1.165, 1.54) is 25.5 Å². The molecule has 5 nitrogen and oxygen atoms in total. The molecule has 0 aromatic carbocycles. The number of carboxylic acid groups (broad SMARTS) is 1. The molecule has 0 bridgehead atoms. The summed E-state index contributed by atoms with van der Waals surface area (Å²) in [5, 5.41) is 8.68. The number of carboxylic acids is 1. The molecule has 0 unspecified atom stereocenters. The standard InChI is InChI=1S/C10H14N2O3/c1-12(5-7-3-2-4-7)10-11-8(6-15-10)9(13)14/h6-7H,2-5H2,1H3,(H,13,14). The fourth-order valence-electron chi connectivity index (χ4n) is 1.68. The maximum Gasteiger partial charge on any atom is 0.357 e. The number of oxazole rings is 1. The summed E-state index contributed by atoms with van der Waals surface area (Å²) in [5.74, 6) is -0.350. The Labute approximate surface area is 87.7 Å². The van der Waals surface area contributed by atoms with Crippen LogP contribution in [0.3, 0.4) is 0 Å². The van der Waals surface area contributed by atoms with Crippen molar-refractivity contribution in [2.24, 2.45) is 5.92 Å². The van der Waals surface area contributed by atoms with Crippen LogP contribution in [0.1, 0.15) is 29.8 Å². The lowest BCUT2D eigenvalue weighted by Crippen LogP contribution is -2.29. The topological polar surface area (TPSA) is 66.6 Å². The summed E-state index contributed by atoms with van der Waals surface area (Å²) >= 11 is 0. The molecule has 0 spiro atoms. The Hall–Kier alpha value is -1.52. The third-order valence-corrected chi connectivity index (χ3v) is 2.79. The highest BCUT2D eigenvalue weighted by atomic mass is 16.4. The second-order valence-corrected chi connectivity index (χ2v) is 4.00. The largest absolute Gasteiger partial charge is 0.476 e. The van der Waals surface area contributed by atoms with Crippen LogP contribution in [-0.2, 0) is 0 Å². The van der Waals surface area contributed by atoms with Gasteiger partial charge in [-0.05, 0) is 18.8 Å². The summed E-state index contributed by atoms with van der Waals surface area (Å²) in [7, 11) is 1.87. The molecule has 0 saturated heterocycles. The zero-order valence-corrected chi connectivity index (χ0v) is 8.64. The molecule has 5 heteroatoms. The molecule has 1 N–H and O–H groups in total. The zero-order chi connectivity index (χ0) is 10.8. The summed E-state index contributed by atoms with van der Waals surface area (Å²) < 4.78 is 5.09. The molecule has 0 radical (unpaired) electrons. The molecular weight excluding hydrogens is 196 g/mol. The van der Waals surface area contributed by atoms with Crippen LogP contribution in [0.4, 0.5) is 6.01 Å². The second-order valence-electron chi connectivity index (χ2n) is 4.00. The van der Waals surface area contributed by atoms with Crippen molar-refractivity contribution < 1.29 is 14.3 Å². The summed E-state index contributed by atoms with van der Waals surface area (Å²) in [4.78, 5) is 16.3. The first-order valence-electron chi connectivity index (χ1n) is 5.07. The van der Waals surface area contributed by atoms with Gasteiger partial charge in [-0.2, -0.15) is 4.98 Å². The molecule has 1 aromatic heterocycles. The maximum atomic E-state index is 10.6. The average molecular weight is 210 g/mol. The molecule has 1 fully saturated rings. The van der Waals surface area contributed by atoms with Gasteiger partial charge in [-0.3, -0.25) is 0 Å². The van der Waals surface area contributed by atoms with Gasteiger partial charge in [-0.25, -0.2) is 4.79 Å². The maximum absolute atomic E-state index is 10.6. The van der Waals surface area contributed by atoms with Crippen molar-refractivity contribution in [2.45, 2.75) is 19.3 Å². The molecule has 0 amide bonds. The highest BCUT2D eigenvalue weighted by Gasteiger charge is 2.21. The van der Waals surface area contributed by atoms with Crippen LogP contribution in [0.5, 0.6) is 0 Å².